The first kappa shape index (κ1) is 54.7. The molecule has 0 aromatic heterocycles. The molecule has 60 heavy (non-hydrogen) atoms. The molecule has 0 saturated heterocycles. The molecular weight excluding hydrogens is 955 g/mol. The fourth-order valence-corrected chi connectivity index (χ4v) is 4.00. The van der Waals surface area contributed by atoms with Gasteiger partial charge in [-0.2, -0.15) is 140 Å². The number of ether oxygens (including phenoxy) is 1. The molecule has 0 N–H and O–H groups in total. The molecule has 0 unspecified atom stereocenters. The van der Waals surface area contributed by atoms with Crippen LogP contribution in [0.2, 0.25) is 0 Å². The van der Waals surface area contributed by atoms with E-state index in [1.165, 1.54) is 6.92 Å². The summed E-state index contributed by atoms with van der Waals surface area (Å²) in [5, 5.41) is 0. The molecule has 1 nitrogen and oxygen atoms in total. The molecule has 0 aliphatic rings. The Kier molecular flexibility index (Phi) is 13.4. The minimum atomic E-state index is -10.2. The summed E-state index contributed by atoms with van der Waals surface area (Å²) in [6, 6.07) is 3.66. The number of benzene rings is 1. The van der Waals surface area contributed by atoms with Crippen LogP contribution in [0.3, 0.4) is 0 Å². The van der Waals surface area contributed by atoms with Gasteiger partial charge in [0.25, 0.3) is 0 Å². The number of hydrogen-bond acceptors (Lipinski definition) is 1. The zero-order valence-corrected chi connectivity index (χ0v) is 27.3. The largest absolute Gasteiger partial charge is 0.493 e. The number of alkyl halides is 33. The van der Waals surface area contributed by atoms with E-state index >= 15 is 0 Å². The Bertz CT molecular complexity index is 1660. The van der Waals surface area contributed by atoms with E-state index in [0.29, 0.717) is 5.56 Å². The average Bonchev–Trinajstić information content (AvgIpc) is 3.07. The van der Waals surface area contributed by atoms with Crippen LogP contribution in [0, 0.1) is 6.92 Å². The quantitative estimate of drug-likeness (QED) is 0.118. The van der Waals surface area contributed by atoms with Gasteiger partial charge in [0.15, 0.2) is 6.67 Å². The van der Waals surface area contributed by atoms with E-state index in [1.807, 2.05) is 0 Å². The molecule has 0 atom stereocenters. The third-order valence-corrected chi connectivity index (χ3v) is 7.92. The highest BCUT2D eigenvalue weighted by atomic mass is 19.4. The molecule has 0 heterocycles. The van der Waals surface area contributed by atoms with E-state index in [4.69, 9.17) is 0 Å². The minimum Gasteiger partial charge on any atom is -0.493 e. The summed E-state index contributed by atoms with van der Waals surface area (Å²) in [7, 11) is 0. The van der Waals surface area contributed by atoms with Gasteiger partial charge in [-0.3, -0.25) is 0 Å². The number of aryl methyl sites for hydroxylation is 1. The first-order valence-corrected chi connectivity index (χ1v) is 14.1. The van der Waals surface area contributed by atoms with Crippen molar-refractivity contribution in [1.29, 1.82) is 0 Å². The van der Waals surface area contributed by atoms with Crippen molar-refractivity contribution in [2.24, 2.45) is 0 Å². The van der Waals surface area contributed by atoms with E-state index in [-0.39, 0.29) is 0 Å². The van der Waals surface area contributed by atoms with Gasteiger partial charge in [0.2, 0.25) is 0 Å². The van der Waals surface area contributed by atoms with Crippen LogP contribution in [0.15, 0.2) is 24.3 Å². The Labute approximate surface area is 307 Å². The van der Waals surface area contributed by atoms with Crippen LogP contribution in [0.1, 0.15) is 12.0 Å². The van der Waals surface area contributed by atoms with Crippen molar-refractivity contribution >= 4 is 0 Å². The molecule has 1 rings (SSSR count). The summed E-state index contributed by atoms with van der Waals surface area (Å²) < 4.78 is 460. The molecule has 0 spiro atoms. The van der Waals surface area contributed by atoms with Gasteiger partial charge in [-0.15, -0.1) is 0 Å². The third-order valence-electron chi connectivity index (χ3n) is 7.92. The summed E-state index contributed by atoms with van der Waals surface area (Å²) >= 11 is 0. The average molecular weight is 968 g/mol. The van der Waals surface area contributed by atoms with Crippen LogP contribution in [0.4, 0.5) is 145 Å². The van der Waals surface area contributed by atoms with Crippen LogP contribution >= 0.6 is 0 Å². The van der Waals surface area contributed by atoms with Gasteiger partial charge in [0.05, 0.1) is 13.0 Å². The van der Waals surface area contributed by atoms with Gasteiger partial charge in [-0.1, -0.05) is 17.7 Å². The predicted molar refractivity (Wildman–Crippen MR) is 126 cm³/mol. The lowest BCUT2D eigenvalue weighted by Gasteiger charge is -2.47. The first-order chi connectivity index (χ1) is 25.8. The standard InChI is InChI=1S/C26H13F33O/c1-9-2-4-10(5-3-9)60-7-6-11(28,29)13(32,33)15(36,37)17(40,41)19(44,45)21(48,49)23(52,53)25(56,57)26(58,59)24(54,55)22(50,51)20(46,47)18(42,43)16(38,39)14(34,35)12(30,31)8-27/h2-5H,6-8H2,1H3. The summed E-state index contributed by atoms with van der Waals surface area (Å²) in [4.78, 5) is 0. The number of halogens is 33. The minimum absolute atomic E-state index is 0.334. The smallest absolute Gasteiger partial charge is 0.385 e. The van der Waals surface area contributed by atoms with Crippen LogP contribution in [-0.2, 0) is 0 Å². The van der Waals surface area contributed by atoms with Crippen molar-refractivity contribution < 1.29 is 150 Å². The van der Waals surface area contributed by atoms with Crippen LogP contribution in [0.5, 0.6) is 5.75 Å². The highest BCUT2D eigenvalue weighted by Gasteiger charge is 3.01. The van der Waals surface area contributed by atoms with Crippen LogP contribution in [-0.4, -0.2) is 108 Å². The fourth-order valence-electron chi connectivity index (χ4n) is 4.00. The Morgan fingerprint density at radius 1 is 0.317 bits per heavy atom. The Hall–Kier alpha value is -3.29. The van der Waals surface area contributed by atoms with Gasteiger partial charge >= 0.3 is 94.8 Å². The second kappa shape index (κ2) is 14.6. The van der Waals surface area contributed by atoms with Crippen LogP contribution < -0.4 is 4.74 Å². The molecule has 1 aromatic rings. The number of hydrogen-bond donors (Lipinski definition) is 0. The van der Waals surface area contributed by atoms with Crippen molar-refractivity contribution in [3.8, 4) is 5.75 Å². The topological polar surface area (TPSA) is 9.23 Å². The molecule has 0 fully saturated rings. The van der Waals surface area contributed by atoms with Gasteiger partial charge in [0.1, 0.15) is 5.75 Å². The summed E-state index contributed by atoms with van der Waals surface area (Å²) in [5.74, 6) is -150. The second-order valence-electron chi connectivity index (χ2n) is 12.0. The summed E-state index contributed by atoms with van der Waals surface area (Å²) in [5.41, 5.74) is 0.334. The number of rotatable bonds is 20. The molecule has 0 aliphatic heterocycles. The predicted octanol–water partition coefficient (Wildman–Crippen LogP) is 12.9. The molecule has 34 heteroatoms. The van der Waals surface area contributed by atoms with Gasteiger partial charge in [-0.25, -0.2) is 4.39 Å². The van der Waals surface area contributed by atoms with Crippen molar-refractivity contribution in [1.82, 2.24) is 0 Å². The van der Waals surface area contributed by atoms with Gasteiger partial charge in [0, 0.05) is 0 Å². The Morgan fingerprint density at radius 3 is 0.733 bits per heavy atom. The molecule has 1 aromatic carbocycles. The SMILES string of the molecule is Cc1ccc(OCCC(F)(F)C(F)(F)C(F)(F)C(F)(F)C(F)(F)C(F)(F)C(F)(F)C(F)(F)C(F)(F)C(F)(F)C(F)(F)C(F)(F)C(F)(F)C(F)(F)C(F)(F)C(F)(F)CF)cc1. The van der Waals surface area contributed by atoms with Gasteiger partial charge < -0.3 is 4.74 Å². The maximum Gasteiger partial charge on any atom is 0.385 e. The van der Waals surface area contributed by atoms with E-state index < -0.39 is 120 Å². The molecule has 0 aliphatic carbocycles. The molecule has 354 valence electrons. The van der Waals surface area contributed by atoms with Crippen molar-refractivity contribution in [2.75, 3.05) is 13.3 Å². The third kappa shape index (κ3) is 6.86. The van der Waals surface area contributed by atoms with E-state index in [0.717, 1.165) is 24.3 Å². The van der Waals surface area contributed by atoms with Gasteiger partial charge in [-0.05, 0) is 19.1 Å². The monoisotopic (exact) mass is 968 g/mol. The lowest BCUT2D eigenvalue weighted by atomic mass is 9.82. The van der Waals surface area contributed by atoms with Crippen molar-refractivity contribution in [2.45, 2.75) is 108 Å². The first-order valence-electron chi connectivity index (χ1n) is 14.1. The Morgan fingerprint density at radius 2 is 0.517 bits per heavy atom. The van der Waals surface area contributed by atoms with E-state index in [9.17, 15) is 145 Å². The molecular formula is C26H13F33O. The maximum atomic E-state index is 14.1. The summed E-state index contributed by atoms with van der Waals surface area (Å²) in [6.45, 7) is -5.18. The molecule has 0 radical (unpaired) electrons. The van der Waals surface area contributed by atoms with Crippen molar-refractivity contribution in [3.05, 3.63) is 29.8 Å². The zero-order chi connectivity index (χ0) is 48.8. The molecule has 0 amide bonds. The second-order valence-corrected chi connectivity index (χ2v) is 12.0. The highest BCUT2D eigenvalue weighted by Crippen LogP contribution is 2.70. The van der Waals surface area contributed by atoms with E-state index in [1.54, 1.807) is 0 Å². The summed E-state index contributed by atoms with van der Waals surface area (Å²) in [6.07, 6.45) is -3.11. The Balaban J connectivity index is 3.89. The highest BCUT2D eigenvalue weighted by molar-refractivity contribution is 5.26. The van der Waals surface area contributed by atoms with Crippen molar-refractivity contribution in [3.63, 3.8) is 0 Å². The molecule has 0 saturated carbocycles. The lowest BCUT2D eigenvalue weighted by Crippen LogP contribution is -2.80. The zero-order valence-electron chi connectivity index (χ0n) is 27.3. The lowest BCUT2D eigenvalue weighted by molar-refractivity contribution is -0.489. The molecule has 0 bridgehead atoms. The van der Waals surface area contributed by atoms with E-state index in [2.05, 4.69) is 4.74 Å². The fraction of sp³-hybridized carbons (Fsp3) is 0.769. The van der Waals surface area contributed by atoms with Crippen LogP contribution in [0.25, 0.3) is 0 Å². The maximum absolute atomic E-state index is 14.1. The normalized spacial score (nSPS) is 16.4.